The molecule has 6 rings (SSSR count). The summed E-state index contributed by atoms with van der Waals surface area (Å²) < 4.78 is 36.3. The van der Waals surface area contributed by atoms with Crippen molar-refractivity contribution in [3.63, 3.8) is 0 Å². The SMILES string of the molecule is CN(C)CCC[C@@](O)(c1ccc(F)cc1)c1ccc(C#N)cc1CO.CN(C)CCC[C@](O)(c1ccc(F)cc1)c1ccc(C#N)cc1CO.Cc1ccc(C(=O)O[C@H](C(=O)O)[C@H](OC(=O)c2ccc(C)cc2)C(=O)O)cc1. The number of nitrogens with zero attached hydrogens (tertiary/aromatic N) is 4. The molecule has 0 aliphatic heterocycles. The quantitative estimate of drug-likeness (QED) is 0.0376. The van der Waals surface area contributed by atoms with Gasteiger partial charge < -0.3 is 49.9 Å². The first-order chi connectivity index (χ1) is 37.0. The van der Waals surface area contributed by atoms with Crippen LogP contribution in [0, 0.1) is 48.1 Å². The molecular formula is C60H64F2N4O12. The molecule has 0 aliphatic carbocycles. The number of carboxylic acid groups (broad SMARTS) is 2. The lowest BCUT2D eigenvalue weighted by Crippen LogP contribution is -2.45. The van der Waals surface area contributed by atoms with Crippen molar-refractivity contribution < 1.29 is 68.1 Å². The molecule has 0 bridgehead atoms. The van der Waals surface area contributed by atoms with Gasteiger partial charge in [-0.05, 0) is 187 Å². The Hall–Kier alpha value is -8.20. The van der Waals surface area contributed by atoms with Crippen LogP contribution in [0.2, 0.25) is 0 Å². The topological polar surface area (TPSA) is 262 Å². The van der Waals surface area contributed by atoms with Crippen molar-refractivity contribution in [1.82, 2.24) is 9.80 Å². The normalized spacial score (nSPS) is 13.1. The van der Waals surface area contributed by atoms with Crippen molar-refractivity contribution in [2.24, 2.45) is 0 Å². The third kappa shape index (κ3) is 17.4. The first-order valence-electron chi connectivity index (χ1n) is 24.6. The van der Waals surface area contributed by atoms with E-state index in [1.54, 1.807) is 98.8 Å². The molecule has 0 radical (unpaired) electrons. The van der Waals surface area contributed by atoms with Crippen LogP contribution in [0.4, 0.5) is 8.78 Å². The highest BCUT2D eigenvalue weighted by Crippen LogP contribution is 2.38. The fourth-order valence-corrected chi connectivity index (χ4v) is 8.25. The Balaban J connectivity index is 0.000000253. The molecule has 16 nitrogen and oxygen atoms in total. The lowest BCUT2D eigenvalue weighted by atomic mass is 9.80. The maximum absolute atomic E-state index is 13.3. The molecule has 6 aromatic rings. The monoisotopic (exact) mass is 1070 g/mol. The first kappa shape index (κ1) is 62.3. The van der Waals surface area contributed by atoms with E-state index in [0.29, 0.717) is 70.2 Å². The summed E-state index contributed by atoms with van der Waals surface area (Å²) in [4.78, 5) is 51.4. The number of carbonyl (C=O) groups is 4. The number of benzene rings is 6. The van der Waals surface area contributed by atoms with E-state index >= 15 is 0 Å². The van der Waals surface area contributed by atoms with E-state index in [4.69, 9.17) is 20.0 Å². The largest absolute Gasteiger partial charge is 0.478 e. The lowest BCUT2D eigenvalue weighted by Gasteiger charge is -2.32. The Morgan fingerprint density at radius 2 is 0.859 bits per heavy atom. The highest BCUT2D eigenvalue weighted by Gasteiger charge is 2.41. The lowest BCUT2D eigenvalue weighted by molar-refractivity contribution is -0.166. The second-order valence-corrected chi connectivity index (χ2v) is 18.9. The number of aliphatic carboxylic acids is 2. The fourth-order valence-electron chi connectivity index (χ4n) is 8.25. The van der Waals surface area contributed by atoms with Gasteiger partial charge in [-0.25, -0.2) is 28.0 Å². The van der Waals surface area contributed by atoms with Gasteiger partial charge in [0.05, 0.1) is 47.6 Å². The molecule has 0 saturated heterocycles. The van der Waals surface area contributed by atoms with Crippen LogP contribution in [-0.2, 0) is 43.5 Å². The molecule has 6 N–H and O–H groups in total. The van der Waals surface area contributed by atoms with Gasteiger partial charge in [0, 0.05) is 0 Å². The summed E-state index contributed by atoms with van der Waals surface area (Å²) in [6, 6.07) is 37.4. The summed E-state index contributed by atoms with van der Waals surface area (Å²) >= 11 is 0. The molecule has 0 spiro atoms. The number of hydrogen-bond donors (Lipinski definition) is 6. The summed E-state index contributed by atoms with van der Waals surface area (Å²) in [6.45, 7) is 4.58. The van der Waals surface area contributed by atoms with Crippen molar-refractivity contribution in [3.8, 4) is 12.1 Å². The second-order valence-electron chi connectivity index (χ2n) is 18.9. The number of carboxylic acids is 2. The summed E-state index contributed by atoms with van der Waals surface area (Å²) in [6.07, 6.45) is -2.19. The number of rotatable bonds is 21. The highest BCUT2D eigenvalue weighted by atomic mass is 19.1. The van der Waals surface area contributed by atoms with E-state index in [9.17, 15) is 58.6 Å². The van der Waals surface area contributed by atoms with Crippen LogP contribution in [0.25, 0.3) is 0 Å². The molecule has 18 heteroatoms. The van der Waals surface area contributed by atoms with Gasteiger partial charge in [0.2, 0.25) is 12.2 Å². The summed E-state index contributed by atoms with van der Waals surface area (Å²) in [7, 11) is 7.82. The highest BCUT2D eigenvalue weighted by molar-refractivity contribution is 5.95. The van der Waals surface area contributed by atoms with Crippen molar-refractivity contribution in [3.05, 3.63) is 212 Å². The maximum Gasteiger partial charge on any atom is 0.349 e. The minimum absolute atomic E-state index is 0.0332. The number of hydrogen-bond acceptors (Lipinski definition) is 14. The smallest absolute Gasteiger partial charge is 0.349 e. The van der Waals surface area contributed by atoms with Crippen LogP contribution >= 0.6 is 0 Å². The third-order valence-electron chi connectivity index (χ3n) is 12.4. The van der Waals surface area contributed by atoms with Gasteiger partial charge in [-0.15, -0.1) is 0 Å². The van der Waals surface area contributed by atoms with Gasteiger partial charge in [-0.1, -0.05) is 71.8 Å². The van der Waals surface area contributed by atoms with E-state index in [0.717, 1.165) is 24.2 Å². The number of nitriles is 2. The van der Waals surface area contributed by atoms with Gasteiger partial charge in [0.1, 0.15) is 22.8 Å². The molecule has 410 valence electrons. The zero-order chi connectivity index (χ0) is 57.7. The van der Waals surface area contributed by atoms with Gasteiger partial charge in [0.15, 0.2) is 0 Å². The van der Waals surface area contributed by atoms with Crippen LogP contribution in [0.3, 0.4) is 0 Å². The molecule has 0 amide bonds. The van der Waals surface area contributed by atoms with Gasteiger partial charge in [-0.3, -0.25) is 0 Å². The van der Waals surface area contributed by atoms with Crippen LogP contribution < -0.4 is 0 Å². The van der Waals surface area contributed by atoms with Crippen LogP contribution in [0.15, 0.2) is 133 Å². The zero-order valence-corrected chi connectivity index (χ0v) is 44.2. The average molecular weight is 1070 g/mol. The number of carbonyl (C=O) groups excluding carboxylic acids is 2. The molecule has 6 aromatic carbocycles. The Morgan fingerprint density at radius 3 is 1.13 bits per heavy atom. The van der Waals surface area contributed by atoms with Crippen LogP contribution in [-0.4, -0.2) is 118 Å². The predicted molar refractivity (Wildman–Crippen MR) is 285 cm³/mol. The molecular weight excluding hydrogens is 1010 g/mol. The van der Waals surface area contributed by atoms with E-state index in [2.05, 4.69) is 0 Å². The summed E-state index contributed by atoms with van der Waals surface area (Å²) in [5, 5.41) is 79.2. The zero-order valence-electron chi connectivity index (χ0n) is 44.2. The third-order valence-corrected chi connectivity index (χ3v) is 12.4. The summed E-state index contributed by atoms with van der Waals surface area (Å²) in [5.41, 5.74) is 3.10. The minimum Gasteiger partial charge on any atom is -0.478 e. The van der Waals surface area contributed by atoms with Gasteiger partial charge in [-0.2, -0.15) is 10.5 Å². The molecule has 0 unspecified atom stereocenters. The molecule has 0 saturated carbocycles. The van der Waals surface area contributed by atoms with Crippen molar-refractivity contribution in [2.75, 3.05) is 41.3 Å². The number of ether oxygens (including phenoxy) is 2. The molecule has 4 atom stereocenters. The Bertz CT molecular complexity index is 2840. The molecule has 0 fully saturated rings. The second kappa shape index (κ2) is 29.4. The maximum atomic E-state index is 13.3. The molecule has 0 heterocycles. The van der Waals surface area contributed by atoms with E-state index in [1.165, 1.54) is 48.5 Å². The van der Waals surface area contributed by atoms with Crippen molar-refractivity contribution >= 4 is 23.9 Å². The predicted octanol–water partition coefficient (Wildman–Crippen LogP) is 7.76. The Morgan fingerprint density at radius 1 is 0.538 bits per heavy atom. The van der Waals surface area contributed by atoms with E-state index in [-0.39, 0.29) is 36.0 Å². The number of halogens is 2. The van der Waals surface area contributed by atoms with E-state index in [1.807, 2.05) is 50.1 Å². The van der Waals surface area contributed by atoms with Gasteiger partial charge in [0.25, 0.3) is 0 Å². The minimum atomic E-state index is -2.22. The standard InChI is InChI=1S/2C20H23FN2O2.C20H18O8/c2*1-23(2)11-3-10-20(25,17-5-7-18(21)8-6-17)19-9-4-15(13-22)12-16(19)14-24;1-11-3-7-13(8-4-11)19(25)27-15(17(21)22)16(18(23)24)28-20(26)14-9-5-12(2)6-10-14/h2*4-9,12,24-25H,3,10-11,14H2,1-2H3;3-10,15-16H,1-2H3,(H,21,22)(H,23,24)/t2*20-;15-,16-/m100/s1. The van der Waals surface area contributed by atoms with E-state index < -0.39 is 47.3 Å². The number of aryl methyl sites for hydroxylation is 2. The Labute approximate surface area is 452 Å². The van der Waals surface area contributed by atoms with Crippen molar-refractivity contribution in [1.29, 1.82) is 10.5 Å². The van der Waals surface area contributed by atoms with Crippen LogP contribution in [0.1, 0.15) is 102 Å². The van der Waals surface area contributed by atoms with Crippen LogP contribution in [0.5, 0.6) is 0 Å². The number of aliphatic hydroxyl groups excluding tert-OH is 2. The number of aliphatic hydroxyl groups is 4. The molecule has 78 heavy (non-hydrogen) atoms. The fraction of sp³-hybridized carbons (Fsp3) is 0.300. The first-order valence-corrected chi connectivity index (χ1v) is 24.6. The summed E-state index contributed by atoms with van der Waals surface area (Å²) in [5.74, 6) is -6.37. The van der Waals surface area contributed by atoms with Crippen molar-refractivity contribution in [2.45, 2.75) is 76.2 Å². The number of esters is 2. The Kier molecular flexibility index (Phi) is 23.5. The molecule has 0 aliphatic rings. The average Bonchev–Trinajstić information content (AvgIpc) is 3.47. The van der Waals surface area contributed by atoms with Gasteiger partial charge >= 0.3 is 23.9 Å². The molecule has 0 aromatic heterocycles.